The van der Waals surface area contributed by atoms with E-state index in [1.54, 1.807) is 0 Å². The first kappa shape index (κ1) is 12.6. The highest BCUT2D eigenvalue weighted by molar-refractivity contribution is 7.15. The zero-order valence-corrected chi connectivity index (χ0v) is 11.1. The first-order valence-electron chi connectivity index (χ1n) is 5.94. The Morgan fingerprint density at radius 2 is 2.06 bits per heavy atom. The highest BCUT2D eigenvalue weighted by atomic mass is 32.1. The lowest BCUT2D eigenvalue weighted by molar-refractivity contribution is 0.0955. The second-order valence-corrected chi connectivity index (χ2v) is 4.92. The number of thiophene rings is 1. The van der Waals surface area contributed by atoms with E-state index in [1.807, 2.05) is 42.6 Å². The monoisotopic (exact) mass is 260 g/mol. The van der Waals surface area contributed by atoms with Crippen molar-refractivity contribution in [2.75, 3.05) is 12.3 Å². The Morgan fingerprint density at radius 3 is 2.72 bits per heavy atom. The zero-order chi connectivity index (χ0) is 13.0. The van der Waals surface area contributed by atoms with Gasteiger partial charge in [0.2, 0.25) is 0 Å². The van der Waals surface area contributed by atoms with Crippen LogP contribution in [0.25, 0.3) is 11.1 Å². The maximum atomic E-state index is 12.1. The molecule has 94 valence electrons. The van der Waals surface area contributed by atoms with Crippen molar-refractivity contribution in [3.8, 4) is 11.1 Å². The van der Waals surface area contributed by atoms with Crippen LogP contribution in [-0.4, -0.2) is 12.5 Å². The summed E-state index contributed by atoms with van der Waals surface area (Å²) in [6.45, 7) is 2.69. The van der Waals surface area contributed by atoms with Crippen LogP contribution in [0.2, 0.25) is 0 Å². The van der Waals surface area contributed by atoms with Crippen LogP contribution in [0.3, 0.4) is 0 Å². The molecular formula is C14H16N2OS. The lowest BCUT2D eigenvalue weighted by Gasteiger charge is -2.06. The van der Waals surface area contributed by atoms with Crippen molar-refractivity contribution in [3.05, 3.63) is 41.3 Å². The van der Waals surface area contributed by atoms with Gasteiger partial charge < -0.3 is 11.1 Å². The number of hydrogen-bond acceptors (Lipinski definition) is 3. The maximum absolute atomic E-state index is 12.1. The normalized spacial score (nSPS) is 10.3. The first-order valence-corrected chi connectivity index (χ1v) is 6.82. The summed E-state index contributed by atoms with van der Waals surface area (Å²) in [7, 11) is 0. The van der Waals surface area contributed by atoms with Gasteiger partial charge >= 0.3 is 0 Å². The number of nitrogens with two attached hydrogens (primary N) is 1. The van der Waals surface area contributed by atoms with Crippen LogP contribution in [0, 0.1) is 0 Å². The fourth-order valence-corrected chi connectivity index (χ4v) is 2.58. The molecular weight excluding hydrogens is 244 g/mol. The van der Waals surface area contributed by atoms with E-state index in [1.165, 1.54) is 11.3 Å². The van der Waals surface area contributed by atoms with Gasteiger partial charge in [0.15, 0.2) is 0 Å². The van der Waals surface area contributed by atoms with Gasteiger partial charge in [-0.15, -0.1) is 11.3 Å². The van der Waals surface area contributed by atoms with E-state index in [0.29, 0.717) is 17.1 Å². The number of rotatable bonds is 4. The predicted molar refractivity (Wildman–Crippen MR) is 76.8 cm³/mol. The van der Waals surface area contributed by atoms with E-state index in [4.69, 9.17) is 5.73 Å². The second kappa shape index (κ2) is 5.69. The number of benzene rings is 1. The maximum Gasteiger partial charge on any atom is 0.254 e. The van der Waals surface area contributed by atoms with Crippen LogP contribution in [0.4, 0.5) is 5.00 Å². The van der Waals surface area contributed by atoms with Gasteiger partial charge in [0.05, 0.1) is 10.6 Å². The molecule has 0 aliphatic rings. The Morgan fingerprint density at radius 1 is 1.33 bits per heavy atom. The summed E-state index contributed by atoms with van der Waals surface area (Å²) in [5.74, 6) is -0.0885. The van der Waals surface area contributed by atoms with E-state index in [2.05, 4.69) is 5.32 Å². The molecule has 0 saturated carbocycles. The van der Waals surface area contributed by atoms with E-state index in [0.717, 1.165) is 17.5 Å². The number of anilines is 1. The van der Waals surface area contributed by atoms with Crippen LogP contribution >= 0.6 is 11.3 Å². The van der Waals surface area contributed by atoms with Crippen molar-refractivity contribution < 1.29 is 4.79 Å². The van der Waals surface area contributed by atoms with E-state index < -0.39 is 0 Å². The summed E-state index contributed by atoms with van der Waals surface area (Å²) in [6, 6.07) is 9.83. The van der Waals surface area contributed by atoms with E-state index in [-0.39, 0.29) is 5.91 Å². The molecule has 0 aliphatic carbocycles. The van der Waals surface area contributed by atoms with Crippen molar-refractivity contribution in [1.29, 1.82) is 0 Å². The summed E-state index contributed by atoms with van der Waals surface area (Å²) in [4.78, 5) is 12.1. The summed E-state index contributed by atoms with van der Waals surface area (Å²) in [6.07, 6.45) is 0.913. The van der Waals surface area contributed by atoms with Crippen LogP contribution in [0.5, 0.6) is 0 Å². The Balaban J connectivity index is 2.36. The first-order chi connectivity index (χ1) is 8.74. The molecule has 0 spiro atoms. The molecule has 1 amide bonds. The van der Waals surface area contributed by atoms with Gasteiger partial charge in [-0.05, 0) is 12.0 Å². The SMILES string of the molecule is CCCNC(=O)c1c(-c2ccccc2)csc1N. The number of nitrogen functional groups attached to an aromatic ring is 1. The minimum Gasteiger partial charge on any atom is -0.390 e. The number of carbonyl (C=O) groups excluding carboxylic acids is 1. The van der Waals surface area contributed by atoms with Gasteiger partial charge in [-0.1, -0.05) is 37.3 Å². The topological polar surface area (TPSA) is 55.1 Å². The molecule has 2 aromatic rings. The standard InChI is InChI=1S/C14H16N2OS/c1-2-8-16-14(17)12-11(9-18-13(12)15)10-6-4-3-5-7-10/h3-7,9H,2,8,15H2,1H3,(H,16,17). The quantitative estimate of drug-likeness (QED) is 0.887. The summed E-state index contributed by atoms with van der Waals surface area (Å²) in [5, 5.41) is 5.38. The molecule has 1 heterocycles. The third kappa shape index (κ3) is 2.54. The van der Waals surface area contributed by atoms with Gasteiger partial charge in [-0.25, -0.2) is 0 Å². The number of nitrogens with one attached hydrogen (secondary N) is 1. The number of amides is 1. The lowest BCUT2D eigenvalue weighted by atomic mass is 10.0. The zero-order valence-electron chi connectivity index (χ0n) is 10.3. The van der Waals surface area contributed by atoms with Gasteiger partial charge in [-0.2, -0.15) is 0 Å². The van der Waals surface area contributed by atoms with Crippen LogP contribution in [0.15, 0.2) is 35.7 Å². The molecule has 0 aliphatic heterocycles. The van der Waals surface area contributed by atoms with Gasteiger partial charge in [-0.3, -0.25) is 4.79 Å². The van der Waals surface area contributed by atoms with Crippen molar-refractivity contribution in [1.82, 2.24) is 5.32 Å². The van der Waals surface area contributed by atoms with E-state index >= 15 is 0 Å². The minimum atomic E-state index is -0.0885. The minimum absolute atomic E-state index is 0.0885. The molecule has 0 atom stereocenters. The van der Waals surface area contributed by atoms with Crippen LogP contribution in [-0.2, 0) is 0 Å². The highest BCUT2D eigenvalue weighted by Gasteiger charge is 2.17. The molecule has 3 N–H and O–H groups in total. The second-order valence-electron chi connectivity index (χ2n) is 4.01. The molecule has 0 radical (unpaired) electrons. The summed E-state index contributed by atoms with van der Waals surface area (Å²) < 4.78 is 0. The lowest BCUT2D eigenvalue weighted by Crippen LogP contribution is -2.24. The van der Waals surface area contributed by atoms with Crippen LogP contribution in [0.1, 0.15) is 23.7 Å². The Hall–Kier alpha value is -1.81. The molecule has 1 aromatic carbocycles. The molecule has 3 nitrogen and oxygen atoms in total. The third-order valence-electron chi connectivity index (χ3n) is 2.67. The molecule has 0 bridgehead atoms. The van der Waals surface area contributed by atoms with Crippen molar-refractivity contribution >= 4 is 22.2 Å². The molecule has 4 heteroatoms. The molecule has 2 rings (SSSR count). The molecule has 0 saturated heterocycles. The Kier molecular flexibility index (Phi) is 3.99. The highest BCUT2D eigenvalue weighted by Crippen LogP contribution is 2.33. The van der Waals surface area contributed by atoms with Gasteiger partial charge in [0.1, 0.15) is 0 Å². The van der Waals surface area contributed by atoms with Crippen LogP contribution < -0.4 is 11.1 Å². The Bertz CT molecular complexity index is 534. The van der Waals surface area contributed by atoms with Gasteiger partial charge in [0.25, 0.3) is 5.91 Å². The van der Waals surface area contributed by atoms with Crippen molar-refractivity contribution in [3.63, 3.8) is 0 Å². The number of hydrogen-bond donors (Lipinski definition) is 2. The molecule has 18 heavy (non-hydrogen) atoms. The molecule has 0 unspecified atom stereocenters. The summed E-state index contributed by atoms with van der Waals surface area (Å²) >= 11 is 1.40. The average Bonchev–Trinajstić information content (AvgIpc) is 2.79. The largest absolute Gasteiger partial charge is 0.390 e. The smallest absolute Gasteiger partial charge is 0.254 e. The summed E-state index contributed by atoms with van der Waals surface area (Å²) in [5.41, 5.74) is 8.44. The van der Waals surface area contributed by atoms with Crippen molar-refractivity contribution in [2.45, 2.75) is 13.3 Å². The predicted octanol–water partition coefficient (Wildman–Crippen LogP) is 3.14. The fourth-order valence-electron chi connectivity index (χ4n) is 1.76. The third-order valence-corrected chi connectivity index (χ3v) is 3.48. The average molecular weight is 260 g/mol. The number of carbonyl (C=O) groups is 1. The van der Waals surface area contributed by atoms with Crippen molar-refractivity contribution in [2.24, 2.45) is 0 Å². The molecule has 0 fully saturated rings. The molecule has 1 aromatic heterocycles. The van der Waals surface area contributed by atoms with E-state index in [9.17, 15) is 4.79 Å². The Labute approximate surface area is 111 Å². The van der Waals surface area contributed by atoms with Gasteiger partial charge in [0, 0.05) is 17.5 Å². The fraction of sp³-hybridized carbons (Fsp3) is 0.214.